The lowest BCUT2D eigenvalue weighted by molar-refractivity contribution is 0.0273. The standard InChI is InChI=1S/C23H21N3O4/c1-26(2)23(27)20-13-12-19(15-24-20)29-22-14-21(30-25-22)16-8-10-18(11-9-16)28-17-6-4-3-5-7-17/h3-15,21,25H,1-2H3/t21-/m1/s1. The lowest BCUT2D eigenvalue weighted by atomic mass is 10.1. The average Bonchev–Trinajstić information content (AvgIpc) is 3.23. The molecule has 0 aliphatic carbocycles. The van der Waals surface area contributed by atoms with Gasteiger partial charge in [-0.05, 0) is 42.0 Å². The highest BCUT2D eigenvalue weighted by atomic mass is 16.7. The Labute approximate surface area is 174 Å². The highest BCUT2D eigenvalue weighted by Gasteiger charge is 2.20. The molecule has 2 heterocycles. The number of aromatic nitrogens is 1. The van der Waals surface area contributed by atoms with Crippen LogP contribution in [-0.2, 0) is 4.84 Å². The molecule has 1 aromatic heterocycles. The van der Waals surface area contributed by atoms with E-state index < -0.39 is 0 Å². The van der Waals surface area contributed by atoms with Crippen LogP contribution in [0, 0.1) is 0 Å². The molecule has 0 spiro atoms. The van der Waals surface area contributed by atoms with Crippen molar-refractivity contribution < 1.29 is 19.1 Å². The number of ether oxygens (including phenoxy) is 2. The number of hydrogen-bond acceptors (Lipinski definition) is 6. The van der Waals surface area contributed by atoms with Gasteiger partial charge in [0.05, 0.1) is 6.20 Å². The number of pyridine rings is 1. The van der Waals surface area contributed by atoms with Gasteiger partial charge in [-0.2, -0.15) is 0 Å². The van der Waals surface area contributed by atoms with Crippen molar-refractivity contribution in [2.24, 2.45) is 0 Å². The summed E-state index contributed by atoms with van der Waals surface area (Å²) in [7, 11) is 3.36. The number of rotatable bonds is 6. The molecule has 7 nitrogen and oxygen atoms in total. The van der Waals surface area contributed by atoms with Crippen LogP contribution in [0.1, 0.15) is 22.2 Å². The SMILES string of the molecule is CN(C)C(=O)c1ccc(OC2=C[C@H](c3ccc(Oc4ccccc4)cc3)ON2)cn1. The van der Waals surface area contributed by atoms with Gasteiger partial charge in [0.15, 0.2) is 0 Å². The van der Waals surface area contributed by atoms with E-state index in [0.29, 0.717) is 17.3 Å². The number of hydrogen-bond donors (Lipinski definition) is 1. The molecule has 152 valence electrons. The molecular formula is C23H21N3O4. The van der Waals surface area contributed by atoms with Crippen molar-refractivity contribution in [1.82, 2.24) is 15.4 Å². The normalized spacial score (nSPS) is 15.1. The molecule has 3 aromatic rings. The van der Waals surface area contributed by atoms with Crippen molar-refractivity contribution in [1.29, 1.82) is 0 Å². The van der Waals surface area contributed by atoms with Gasteiger partial charge in [0, 0.05) is 20.2 Å². The summed E-state index contributed by atoms with van der Waals surface area (Å²) in [5.41, 5.74) is 4.07. The summed E-state index contributed by atoms with van der Waals surface area (Å²) in [6, 6.07) is 20.6. The molecule has 7 heteroatoms. The Morgan fingerprint density at radius 2 is 1.63 bits per heavy atom. The summed E-state index contributed by atoms with van der Waals surface area (Å²) in [5, 5.41) is 0. The molecule has 4 rings (SSSR count). The molecule has 30 heavy (non-hydrogen) atoms. The van der Waals surface area contributed by atoms with Crippen molar-refractivity contribution in [2.45, 2.75) is 6.10 Å². The first-order valence-electron chi connectivity index (χ1n) is 9.40. The molecule has 1 aliphatic heterocycles. The van der Waals surface area contributed by atoms with E-state index in [9.17, 15) is 4.79 Å². The molecule has 0 radical (unpaired) electrons. The molecule has 0 saturated carbocycles. The van der Waals surface area contributed by atoms with E-state index in [0.717, 1.165) is 17.1 Å². The van der Waals surface area contributed by atoms with Crippen LogP contribution in [-0.4, -0.2) is 29.9 Å². The third-order valence-corrected chi connectivity index (χ3v) is 4.37. The van der Waals surface area contributed by atoms with E-state index in [4.69, 9.17) is 14.3 Å². The van der Waals surface area contributed by atoms with Crippen LogP contribution in [0.15, 0.2) is 84.9 Å². The van der Waals surface area contributed by atoms with Crippen molar-refractivity contribution in [3.63, 3.8) is 0 Å². The van der Waals surface area contributed by atoms with Gasteiger partial charge in [-0.25, -0.2) is 10.5 Å². The summed E-state index contributed by atoms with van der Waals surface area (Å²) < 4.78 is 11.5. The van der Waals surface area contributed by atoms with Crippen LogP contribution in [0.3, 0.4) is 0 Å². The second kappa shape index (κ2) is 8.67. The topological polar surface area (TPSA) is 72.9 Å². The fraction of sp³-hybridized carbons (Fsp3) is 0.130. The smallest absolute Gasteiger partial charge is 0.271 e. The van der Waals surface area contributed by atoms with Gasteiger partial charge in [0.1, 0.15) is 29.0 Å². The van der Waals surface area contributed by atoms with E-state index in [1.165, 1.54) is 11.1 Å². The maximum atomic E-state index is 11.9. The Morgan fingerprint density at radius 1 is 0.933 bits per heavy atom. The first kappa shape index (κ1) is 19.5. The first-order chi connectivity index (χ1) is 14.6. The second-order valence-electron chi connectivity index (χ2n) is 6.84. The van der Waals surface area contributed by atoms with E-state index >= 15 is 0 Å². The van der Waals surface area contributed by atoms with Gasteiger partial charge < -0.3 is 14.4 Å². The van der Waals surface area contributed by atoms with Gasteiger partial charge in [-0.1, -0.05) is 30.3 Å². The summed E-state index contributed by atoms with van der Waals surface area (Å²) >= 11 is 0. The zero-order valence-corrected chi connectivity index (χ0v) is 16.6. The highest BCUT2D eigenvalue weighted by molar-refractivity contribution is 5.91. The van der Waals surface area contributed by atoms with Crippen molar-refractivity contribution in [3.05, 3.63) is 96.1 Å². The molecule has 2 aromatic carbocycles. The quantitative estimate of drug-likeness (QED) is 0.669. The monoisotopic (exact) mass is 403 g/mol. The van der Waals surface area contributed by atoms with E-state index in [2.05, 4.69) is 10.5 Å². The lowest BCUT2D eigenvalue weighted by Crippen LogP contribution is -2.22. The predicted octanol–water partition coefficient (Wildman–Crippen LogP) is 4.07. The number of nitrogens with zero attached hydrogens (tertiary/aromatic N) is 2. The van der Waals surface area contributed by atoms with Crippen LogP contribution < -0.4 is 15.0 Å². The third kappa shape index (κ3) is 4.59. The summed E-state index contributed by atoms with van der Waals surface area (Å²) in [4.78, 5) is 23.1. The molecule has 0 bridgehead atoms. The third-order valence-electron chi connectivity index (χ3n) is 4.37. The van der Waals surface area contributed by atoms with Crippen LogP contribution in [0.5, 0.6) is 17.2 Å². The Morgan fingerprint density at radius 3 is 2.30 bits per heavy atom. The molecular weight excluding hydrogens is 382 g/mol. The number of hydroxylamine groups is 1. The zero-order chi connectivity index (χ0) is 20.9. The molecule has 1 atom stereocenters. The van der Waals surface area contributed by atoms with Crippen LogP contribution in [0.2, 0.25) is 0 Å². The highest BCUT2D eigenvalue weighted by Crippen LogP contribution is 2.28. The number of nitrogens with one attached hydrogen (secondary N) is 1. The van der Waals surface area contributed by atoms with Gasteiger partial charge >= 0.3 is 0 Å². The van der Waals surface area contributed by atoms with Crippen molar-refractivity contribution in [3.8, 4) is 17.2 Å². The van der Waals surface area contributed by atoms with Gasteiger partial charge in [-0.3, -0.25) is 9.63 Å². The molecule has 1 N–H and O–H groups in total. The Bertz CT molecular complexity index is 1030. The number of amides is 1. The maximum Gasteiger partial charge on any atom is 0.271 e. The molecule has 0 unspecified atom stereocenters. The number of carbonyl (C=O) groups excluding carboxylic acids is 1. The summed E-state index contributed by atoms with van der Waals surface area (Å²) in [6.07, 6.45) is 3.03. The average molecular weight is 403 g/mol. The van der Waals surface area contributed by atoms with Crippen LogP contribution in [0.25, 0.3) is 0 Å². The maximum absolute atomic E-state index is 11.9. The van der Waals surface area contributed by atoms with Gasteiger partial charge in [0.25, 0.3) is 5.91 Å². The molecule has 1 amide bonds. The van der Waals surface area contributed by atoms with Crippen molar-refractivity contribution >= 4 is 5.91 Å². The first-order valence-corrected chi connectivity index (χ1v) is 9.40. The molecule has 0 fully saturated rings. The number of carbonyl (C=O) groups is 1. The Balaban J connectivity index is 1.38. The van der Waals surface area contributed by atoms with Crippen LogP contribution in [0.4, 0.5) is 0 Å². The minimum absolute atomic E-state index is 0.164. The largest absolute Gasteiger partial charge is 0.457 e. The van der Waals surface area contributed by atoms with Crippen molar-refractivity contribution in [2.75, 3.05) is 14.1 Å². The second-order valence-corrected chi connectivity index (χ2v) is 6.84. The Kier molecular flexibility index (Phi) is 5.63. The number of benzene rings is 2. The van der Waals surface area contributed by atoms with Crippen LogP contribution >= 0.6 is 0 Å². The summed E-state index contributed by atoms with van der Waals surface area (Å²) in [6.45, 7) is 0. The van der Waals surface area contributed by atoms with E-state index in [1.54, 1.807) is 26.2 Å². The summed E-state index contributed by atoms with van der Waals surface area (Å²) in [5.74, 6) is 2.32. The fourth-order valence-electron chi connectivity index (χ4n) is 2.82. The fourth-order valence-corrected chi connectivity index (χ4v) is 2.82. The predicted molar refractivity (Wildman–Crippen MR) is 111 cm³/mol. The minimum Gasteiger partial charge on any atom is -0.457 e. The zero-order valence-electron chi connectivity index (χ0n) is 16.6. The molecule has 1 aliphatic rings. The minimum atomic E-state index is -0.298. The molecule has 0 saturated heterocycles. The van der Waals surface area contributed by atoms with E-state index in [-0.39, 0.29) is 12.0 Å². The Hall–Kier alpha value is -3.84. The van der Waals surface area contributed by atoms with Gasteiger partial charge in [-0.15, -0.1) is 0 Å². The lowest BCUT2D eigenvalue weighted by Gasteiger charge is -2.10. The number of para-hydroxylation sites is 1. The van der Waals surface area contributed by atoms with E-state index in [1.807, 2.05) is 60.7 Å². The van der Waals surface area contributed by atoms with Gasteiger partial charge in [0.2, 0.25) is 5.88 Å².